The maximum atomic E-state index is 13.6. The van der Waals surface area contributed by atoms with Gasteiger partial charge >= 0.3 is 12.4 Å². The Morgan fingerprint density at radius 2 is 1.67 bits per heavy atom. The second-order valence-electron chi connectivity index (χ2n) is 9.33. The Hall–Kier alpha value is -2.91. The summed E-state index contributed by atoms with van der Waals surface area (Å²) in [7, 11) is -4.56. The SMILES string of the molecule is O=C(C[C@@H]1CCc2cc(C(O)(C(F)(F)F)C(F)(F)F)ccc2N1S(=O)(=O)c1ccc(F)cc1)NC1CCOC1. The summed E-state index contributed by atoms with van der Waals surface area (Å²) >= 11 is 0. The number of sulfonamides is 1. The molecule has 0 aliphatic carbocycles. The number of aliphatic hydroxyl groups is 1. The lowest BCUT2D eigenvalue weighted by Gasteiger charge is -2.39. The molecular weight excluding hydrogens is 561 g/mol. The number of hydrogen-bond acceptors (Lipinski definition) is 5. The molecule has 2 aliphatic rings. The molecule has 1 saturated heterocycles. The summed E-state index contributed by atoms with van der Waals surface area (Å²) in [5.41, 5.74) is -7.21. The van der Waals surface area contributed by atoms with Crippen molar-refractivity contribution in [1.82, 2.24) is 5.32 Å². The van der Waals surface area contributed by atoms with Crippen LogP contribution in [0.25, 0.3) is 0 Å². The van der Waals surface area contributed by atoms with Gasteiger partial charge in [-0.3, -0.25) is 9.10 Å². The second kappa shape index (κ2) is 10.2. The number of hydrogen-bond donors (Lipinski definition) is 2. The molecule has 2 N–H and O–H groups in total. The predicted octanol–water partition coefficient (Wildman–Crippen LogP) is 3.94. The van der Waals surface area contributed by atoms with E-state index in [2.05, 4.69) is 5.32 Å². The summed E-state index contributed by atoms with van der Waals surface area (Å²) in [5, 5.41) is 12.5. The van der Waals surface area contributed by atoms with Gasteiger partial charge < -0.3 is 15.2 Å². The molecule has 214 valence electrons. The Bertz CT molecular complexity index is 1310. The van der Waals surface area contributed by atoms with Gasteiger partial charge in [0.1, 0.15) is 5.82 Å². The second-order valence-corrected chi connectivity index (χ2v) is 11.1. The smallest absolute Gasteiger partial charge is 0.379 e. The number of benzene rings is 2. The van der Waals surface area contributed by atoms with Crippen molar-refractivity contribution in [1.29, 1.82) is 0 Å². The van der Waals surface area contributed by atoms with Crippen molar-refractivity contribution in [3.8, 4) is 0 Å². The summed E-state index contributed by atoms with van der Waals surface area (Å²) < 4.78 is 127. The van der Waals surface area contributed by atoms with Crippen molar-refractivity contribution in [2.45, 2.75) is 60.6 Å². The van der Waals surface area contributed by atoms with Crippen molar-refractivity contribution in [2.75, 3.05) is 17.5 Å². The fourth-order valence-electron chi connectivity index (χ4n) is 4.73. The van der Waals surface area contributed by atoms with Gasteiger partial charge in [0.25, 0.3) is 15.6 Å². The minimum Gasteiger partial charge on any atom is -0.379 e. The minimum atomic E-state index is -6.13. The molecule has 4 rings (SSSR count). The lowest BCUT2D eigenvalue weighted by Crippen LogP contribution is -2.54. The lowest BCUT2D eigenvalue weighted by molar-refractivity contribution is -0.376. The monoisotopic (exact) mass is 584 g/mol. The first-order valence-electron chi connectivity index (χ1n) is 11.7. The van der Waals surface area contributed by atoms with Crippen LogP contribution in [0, 0.1) is 5.82 Å². The molecule has 0 saturated carbocycles. The van der Waals surface area contributed by atoms with E-state index in [0.29, 0.717) is 25.2 Å². The third-order valence-corrected chi connectivity index (χ3v) is 8.60. The molecule has 2 aliphatic heterocycles. The molecule has 1 fully saturated rings. The number of alkyl halides is 6. The van der Waals surface area contributed by atoms with Gasteiger partial charge in [0.2, 0.25) is 5.91 Å². The number of nitrogens with zero attached hydrogens (tertiary/aromatic N) is 1. The third kappa shape index (κ3) is 5.43. The van der Waals surface area contributed by atoms with E-state index < -0.39 is 56.2 Å². The Labute approximate surface area is 218 Å². The van der Waals surface area contributed by atoms with E-state index in [1.807, 2.05) is 0 Å². The summed E-state index contributed by atoms with van der Waals surface area (Å²) in [6.07, 6.45) is -12.4. The number of halogens is 7. The molecular formula is C24H23F7N2O5S. The molecule has 39 heavy (non-hydrogen) atoms. The molecule has 0 bridgehead atoms. The quantitative estimate of drug-likeness (QED) is 0.502. The van der Waals surface area contributed by atoms with E-state index in [-0.39, 0.29) is 43.2 Å². The van der Waals surface area contributed by atoms with Gasteiger partial charge in [-0.15, -0.1) is 0 Å². The highest BCUT2D eigenvalue weighted by Crippen LogP contribution is 2.51. The predicted molar refractivity (Wildman–Crippen MR) is 123 cm³/mol. The molecule has 0 radical (unpaired) electrons. The van der Waals surface area contributed by atoms with Crippen LogP contribution in [0.4, 0.5) is 36.4 Å². The zero-order chi connectivity index (χ0) is 28.8. The number of fused-ring (bicyclic) bond motifs is 1. The van der Waals surface area contributed by atoms with Crippen molar-refractivity contribution >= 4 is 21.6 Å². The van der Waals surface area contributed by atoms with Crippen LogP contribution >= 0.6 is 0 Å². The van der Waals surface area contributed by atoms with Gasteiger partial charge in [0, 0.05) is 18.6 Å². The van der Waals surface area contributed by atoms with Crippen LogP contribution in [-0.2, 0) is 31.6 Å². The highest BCUT2D eigenvalue weighted by Gasteiger charge is 2.71. The van der Waals surface area contributed by atoms with E-state index >= 15 is 0 Å². The van der Waals surface area contributed by atoms with Crippen molar-refractivity contribution in [3.05, 3.63) is 59.4 Å². The van der Waals surface area contributed by atoms with Crippen molar-refractivity contribution < 1.29 is 53.8 Å². The number of amides is 1. The average Bonchev–Trinajstić information content (AvgIpc) is 3.34. The van der Waals surface area contributed by atoms with Gasteiger partial charge in [-0.25, -0.2) is 12.8 Å². The first-order valence-corrected chi connectivity index (χ1v) is 13.2. The van der Waals surface area contributed by atoms with Crippen LogP contribution < -0.4 is 9.62 Å². The number of rotatable bonds is 6. The van der Waals surface area contributed by atoms with Crippen LogP contribution in [0.2, 0.25) is 0 Å². The van der Waals surface area contributed by atoms with Crippen LogP contribution in [0.5, 0.6) is 0 Å². The van der Waals surface area contributed by atoms with Gasteiger partial charge in [-0.1, -0.05) is 12.1 Å². The van der Waals surface area contributed by atoms with Gasteiger partial charge in [0.15, 0.2) is 0 Å². The van der Waals surface area contributed by atoms with E-state index in [1.165, 1.54) is 0 Å². The zero-order valence-corrected chi connectivity index (χ0v) is 20.8. The minimum absolute atomic E-state index is 0.137. The fraction of sp³-hybridized carbons (Fsp3) is 0.458. The number of aryl methyl sites for hydroxylation is 1. The van der Waals surface area contributed by atoms with E-state index in [4.69, 9.17) is 4.74 Å². The molecule has 15 heteroatoms. The summed E-state index contributed by atoms with van der Waals surface area (Å²) in [5.74, 6) is -1.27. The Kier molecular flexibility index (Phi) is 7.64. The molecule has 2 atom stereocenters. The molecule has 0 aromatic heterocycles. The molecule has 2 aromatic carbocycles. The standard InChI is InChI=1S/C24H23F7N2O5S/c25-16-3-6-19(7-4-16)39(36,37)33-18(12-21(34)32-17-9-10-38-13-17)5-1-14-11-15(2-8-20(14)33)22(35,23(26,27)28)24(29,30)31/h2-4,6-8,11,17-18,35H,1,5,9-10,12-13H2,(H,32,34)/t17?,18-/m0/s1. The van der Waals surface area contributed by atoms with Crippen molar-refractivity contribution in [3.63, 3.8) is 0 Å². The summed E-state index contributed by atoms with van der Waals surface area (Å²) in [6, 6.07) is 3.85. The first kappa shape index (κ1) is 29.1. The zero-order valence-electron chi connectivity index (χ0n) is 20.0. The number of ether oxygens (including phenoxy) is 1. The molecule has 1 unspecified atom stereocenters. The van der Waals surface area contributed by atoms with E-state index in [1.54, 1.807) is 0 Å². The average molecular weight is 585 g/mol. The van der Waals surface area contributed by atoms with Crippen LogP contribution in [0.1, 0.15) is 30.4 Å². The Morgan fingerprint density at radius 1 is 1.03 bits per heavy atom. The molecule has 1 amide bonds. The van der Waals surface area contributed by atoms with Crippen molar-refractivity contribution in [2.24, 2.45) is 0 Å². The van der Waals surface area contributed by atoms with Crippen LogP contribution in [-0.4, -0.2) is 57.1 Å². The molecule has 7 nitrogen and oxygen atoms in total. The van der Waals surface area contributed by atoms with Gasteiger partial charge in [-0.2, -0.15) is 26.3 Å². The number of carbonyl (C=O) groups excluding carboxylic acids is 1. The number of carbonyl (C=O) groups is 1. The van der Waals surface area contributed by atoms with Crippen LogP contribution in [0.3, 0.4) is 0 Å². The Balaban J connectivity index is 1.78. The highest BCUT2D eigenvalue weighted by atomic mass is 32.2. The molecule has 2 aromatic rings. The maximum absolute atomic E-state index is 13.6. The lowest BCUT2D eigenvalue weighted by atomic mass is 9.87. The molecule has 2 heterocycles. The van der Waals surface area contributed by atoms with E-state index in [9.17, 15) is 49.1 Å². The molecule has 0 spiro atoms. The largest absolute Gasteiger partial charge is 0.430 e. The fourth-order valence-corrected chi connectivity index (χ4v) is 6.45. The highest BCUT2D eigenvalue weighted by molar-refractivity contribution is 7.92. The van der Waals surface area contributed by atoms with Gasteiger partial charge in [-0.05, 0) is 55.2 Å². The number of anilines is 1. The summed E-state index contributed by atoms with van der Waals surface area (Å²) in [6.45, 7) is 0.693. The van der Waals surface area contributed by atoms with Crippen LogP contribution in [0.15, 0.2) is 47.4 Å². The Morgan fingerprint density at radius 3 is 2.23 bits per heavy atom. The van der Waals surface area contributed by atoms with E-state index in [0.717, 1.165) is 34.6 Å². The normalized spacial score (nSPS) is 20.6. The number of nitrogens with one attached hydrogen (secondary N) is 1. The van der Waals surface area contributed by atoms with Gasteiger partial charge in [0.05, 0.1) is 29.3 Å². The maximum Gasteiger partial charge on any atom is 0.430 e. The summed E-state index contributed by atoms with van der Waals surface area (Å²) in [4.78, 5) is 12.3. The topological polar surface area (TPSA) is 95.9 Å². The first-order chi connectivity index (χ1) is 18.1. The third-order valence-electron chi connectivity index (χ3n) is 6.72.